The van der Waals surface area contributed by atoms with Gasteiger partial charge in [0.1, 0.15) is 17.2 Å². The van der Waals surface area contributed by atoms with Crippen LogP contribution in [0, 0.1) is 6.92 Å². The molecule has 0 saturated carbocycles. The second-order valence-corrected chi connectivity index (χ2v) is 5.79. The minimum atomic E-state index is -0.267. The summed E-state index contributed by atoms with van der Waals surface area (Å²) in [4.78, 5) is 20.9. The zero-order valence-corrected chi connectivity index (χ0v) is 13.3. The predicted octanol–water partition coefficient (Wildman–Crippen LogP) is 3.71. The number of hydrogen-bond acceptors (Lipinski definition) is 3. The summed E-state index contributed by atoms with van der Waals surface area (Å²) >= 11 is 9.24. The van der Waals surface area contributed by atoms with E-state index in [1.54, 1.807) is 41.9 Å². The van der Waals surface area contributed by atoms with E-state index in [4.69, 9.17) is 11.6 Å². The number of hydrogen-bond donors (Lipinski definition) is 1. The average molecular weight is 366 g/mol. The van der Waals surface area contributed by atoms with Crippen LogP contribution in [0.3, 0.4) is 0 Å². The first kappa shape index (κ1) is 14.0. The number of rotatable bonds is 2. The van der Waals surface area contributed by atoms with E-state index in [0.717, 1.165) is 4.47 Å². The number of fused-ring (bicyclic) bond motifs is 1. The fourth-order valence-corrected chi connectivity index (χ4v) is 2.42. The first-order valence-electron chi connectivity index (χ1n) is 6.12. The van der Waals surface area contributed by atoms with Gasteiger partial charge in [0, 0.05) is 28.0 Å². The standard InChI is InChI=1S/C14H10BrClN4O/c1-8-13(20-5-4-10(16)6-12(20)18-8)14(21)19-11-3-2-9(15)7-17-11/h2-7H,1H3,(H,17,19,21). The Bertz CT molecular complexity index is 829. The third-order valence-corrected chi connectivity index (χ3v) is 3.65. The highest BCUT2D eigenvalue weighted by Gasteiger charge is 2.17. The maximum absolute atomic E-state index is 12.4. The zero-order valence-electron chi connectivity index (χ0n) is 11.0. The molecule has 0 fully saturated rings. The van der Waals surface area contributed by atoms with Crippen LogP contribution in [0.25, 0.3) is 5.65 Å². The summed E-state index contributed by atoms with van der Waals surface area (Å²) < 4.78 is 2.55. The summed E-state index contributed by atoms with van der Waals surface area (Å²) in [5.41, 5.74) is 1.73. The van der Waals surface area contributed by atoms with Crippen LogP contribution in [-0.2, 0) is 0 Å². The highest BCUT2D eigenvalue weighted by Crippen LogP contribution is 2.18. The van der Waals surface area contributed by atoms with Crippen LogP contribution in [-0.4, -0.2) is 20.3 Å². The normalized spacial score (nSPS) is 10.8. The van der Waals surface area contributed by atoms with Crippen LogP contribution in [0.2, 0.25) is 5.02 Å². The molecule has 0 unspecified atom stereocenters. The lowest BCUT2D eigenvalue weighted by Gasteiger charge is -2.05. The molecule has 0 aliphatic heterocycles. The molecule has 3 aromatic rings. The highest BCUT2D eigenvalue weighted by molar-refractivity contribution is 9.10. The molecule has 0 aliphatic rings. The molecule has 106 valence electrons. The molecule has 1 N–H and O–H groups in total. The molecule has 0 aromatic carbocycles. The maximum atomic E-state index is 12.4. The molecule has 0 saturated heterocycles. The summed E-state index contributed by atoms with van der Waals surface area (Å²) in [5, 5.41) is 3.33. The van der Waals surface area contributed by atoms with Gasteiger partial charge in [-0.1, -0.05) is 11.6 Å². The van der Waals surface area contributed by atoms with Gasteiger partial charge in [-0.2, -0.15) is 0 Å². The molecule has 0 radical (unpaired) electrons. The van der Waals surface area contributed by atoms with E-state index < -0.39 is 0 Å². The number of aromatic nitrogens is 3. The summed E-state index contributed by atoms with van der Waals surface area (Å²) in [6.07, 6.45) is 3.35. The summed E-state index contributed by atoms with van der Waals surface area (Å²) in [6.45, 7) is 1.78. The molecule has 3 rings (SSSR count). The molecule has 7 heteroatoms. The van der Waals surface area contributed by atoms with Crippen molar-refractivity contribution in [1.29, 1.82) is 0 Å². The molecule has 3 aromatic heterocycles. The SMILES string of the molecule is Cc1nc2cc(Cl)ccn2c1C(=O)Nc1ccc(Br)cn1. The second kappa shape index (κ2) is 5.46. The number of nitrogens with one attached hydrogen (secondary N) is 1. The van der Waals surface area contributed by atoms with Gasteiger partial charge in [-0.05, 0) is 41.1 Å². The van der Waals surface area contributed by atoms with Crippen molar-refractivity contribution in [3.8, 4) is 0 Å². The van der Waals surface area contributed by atoms with Crippen LogP contribution in [0.5, 0.6) is 0 Å². The lowest BCUT2D eigenvalue weighted by atomic mass is 10.3. The Morgan fingerprint density at radius 1 is 1.38 bits per heavy atom. The third-order valence-electron chi connectivity index (χ3n) is 2.95. The molecule has 1 amide bonds. The maximum Gasteiger partial charge on any atom is 0.275 e. The molecule has 3 heterocycles. The van der Waals surface area contributed by atoms with Crippen molar-refractivity contribution < 1.29 is 4.79 Å². The number of anilines is 1. The predicted molar refractivity (Wildman–Crippen MR) is 84.8 cm³/mol. The Morgan fingerprint density at radius 3 is 2.90 bits per heavy atom. The first-order chi connectivity index (χ1) is 10.0. The van der Waals surface area contributed by atoms with Gasteiger partial charge in [0.15, 0.2) is 0 Å². The Kier molecular flexibility index (Phi) is 3.65. The summed E-state index contributed by atoms with van der Waals surface area (Å²) in [6, 6.07) is 6.95. The lowest BCUT2D eigenvalue weighted by Crippen LogP contribution is -2.16. The molecule has 0 bridgehead atoms. The van der Waals surface area contributed by atoms with Crippen molar-refractivity contribution in [2.75, 3.05) is 5.32 Å². The first-order valence-corrected chi connectivity index (χ1v) is 7.29. The topological polar surface area (TPSA) is 59.3 Å². The summed E-state index contributed by atoms with van der Waals surface area (Å²) in [5.74, 6) is 0.212. The van der Waals surface area contributed by atoms with Crippen molar-refractivity contribution in [2.45, 2.75) is 6.92 Å². The van der Waals surface area contributed by atoms with E-state index in [9.17, 15) is 4.79 Å². The van der Waals surface area contributed by atoms with Gasteiger partial charge < -0.3 is 5.32 Å². The van der Waals surface area contributed by atoms with Crippen molar-refractivity contribution in [2.24, 2.45) is 0 Å². The van der Waals surface area contributed by atoms with Crippen LogP contribution < -0.4 is 5.32 Å². The minimum Gasteiger partial charge on any atom is -0.305 e. The number of carbonyl (C=O) groups is 1. The van der Waals surface area contributed by atoms with Gasteiger partial charge in [0.25, 0.3) is 5.91 Å². The van der Waals surface area contributed by atoms with E-state index in [2.05, 4.69) is 31.2 Å². The smallest absolute Gasteiger partial charge is 0.275 e. The highest BCUT2D eigenvalue weighted by atomic mass is 79.9. The van der Waals surface area contributed by atoms with Crippen LogP contribution in [0.1, 0.15) is 16.2 Å². The number of carbonyl (C=O) groups excluding carboxylic acids is 1. The van der Waals surface area contributed by atoms with Gasteiger partial charge in [0.05, 0.1) is 5.69 Å². The molecular weight excluding hydrogens is 356 g/mol. The Balaban J connectivity index is 1.97. The molecule has 0 spiro atoms. The van der Waals surface area contributed by atoms with E-state index in [0.29, 0.717) is 27.9 Å². The average Bonchev–Trinajstić information content (AvgIpc) is 2.76. The van der Waals surface area contributed by atoms with Gasteiger partial charge in [-0.15, -0.1) is 0 Å². The molecular formula is C14H10BrClN4O. The van der Waals surface area contributed by atoms with Crippen LogP contribution in [0.4, 0.5) is 5.82 Å². The molecule has 0 atom stereocenters. The fourth-order valence-electron chi connectivity index (χ4n) is 2.04. The van der Waals surface area contributed by atoms with Crippen molar-refractivity contribution in [1.82, 2.24) is 14.4 Å². The number of nitrogens with zero attached hydrogens (tertiary/aromatic N) is 3. The van der Waals surface area contributed by atoms with Crippen LogP contribution >= 0.6 is 27.5 Å². The fraction of sp³-hybridized carbons (Fsp3) is 0.0714. The van der Waals surface area contributed by atoms with Gasteiger partial charge in [0.2, 0.25) is 0 Å². The molecule has 0 aliphatic carbocycles. The van der Waals surface area contributed by atoms with Crippen molar-refractivity contribution in [3.05, 3.63) is 57.5 Å². The number of imidazole rings is 1. The van der Waals surface area contributed by atoms with Gasteiger partial charge in [-0.3, -0.25) is 9.20 Å². The Hall–Kier alpha value is -1.92. The monoisotopic (exact) mass is 364 g/mol. The van der Waals surface area contributed by atoms with E-state index in [1.165, 1.54) is 0 Å². The quantitative estimate of drug-likeness (QED) is 0.753. The van der Waals surface area contributed by atoms with Gasteiger partial charge in [-0.25, -0.2) is 9.97 Å². The van der Waals surface area contributed by atoms with Crippen LogP contribution in [0.15, 0.2) is 41.1 Å². The van der Waals surface area contributed by atoms with Crippen molar-refractivity contribution >= 4 is 44.9 Å². The third kappa shape index (κ3) is 2.77. The Labute approximate surface area is 134 Å². The molecule has 5 nitrogen and oxygen atoms in total. The number of aryl methyl sites for hydroxylation is 1. The zero-order chi connectivity index (χ0) is 15.0. The largest absolute Gasteiger partial charge is 0.305 e. The van der Waals surface area contributed by atoms with E-state index in [-0.39, 0.29) is 5.91 Å². The number of halogens is 2. The summed E-state index contributed by atoms with van der Waals surface area (Å²) in [7, 11) is 0. The minimum absolute atomic E-state index is 0.267. The van der Waals surface area contributed by atoms with Gasteiger partial charge >= 0.3 is 0 Å². The Morgan fingerprint density at radius 2 is 2.19 bits per heavy atom. The lowest BCUT2D eigenvalue weighted by molar-refractivity contribution is 0.102. The second-order valence-electron chi connectivity index (χ2n) is 4.43. The van der Waals surface area contributed by atoms with Crippen molar-refractivity contribution in [3.63, 3.8) is 0 Å². The number of amides is 1. The molecule has 21 heavy (non-hydrogen) atoms. The number of pyridine rings is 2. The van der Waals surface area contributed by atoms with E-state index >= 15 is 0 Å². The van der Waals surface area contributed by atoms with E-state index in [1.807, 2.05) is 6.07 Å².